The number of nitrogens with two attached hydrogens (primary N) is 1. The zero-order valence-electron chi connectivity index (χ0n) is 11.6. The third-order valence-electron chi connectivity index (χ3n) is 1.96. The first-order valence-electron chi connectivity index (χ1n) is 6.19. The molecule has 0 saturated heterocycles. The Morgan fingerprint density at radius 1 is 1.16 bits per heavy atom. The van der Waals surface area contributed by atoms with E-state index in [1.807, 2.05) is 0 Å². The number of halogens is 2. The Kier molecular flexibility index (Phi) is 13.6. The topological polar surface area (TPSA) is 46.2 Å². The van der Waals surface area contributed by atoms with Crippen molar-refractivity contribution in [1.82, 2.24) is 0 Å². The lowest BCUT2D eigenvalue weighted by Crippen LogP contribution is -2.20. The van der Waals surface area contributed by atoms with Crippen molar-refractivity contribution in [1.29, 1.82) is 0 Å². The first-order chi connectivity index (χ1) is 9.03. The number of aliphatic hydroxyl groups excluding tert-OH is 1. The Morgan fingerprint density at radius 3 is 1.95 bits per heavy atom. The maximum atomic E-state index is 12.7. The molecule has 1 aromatic carbocycles. The van der Waals surface area contributed by atoms with Crippen LogP contribution in [0.1, 0.15) is 32.3 Å². The Labute approximate surface area is 114 Å². The van der Waals surface area contributed by atoms with E-state index in [1.165, 1.54) is 18.6 Å². The molecule has 0 spiro atoms. The summed E-state index contributed by atoms with van der Waals surface area (Å²) in [7, 11) is 0. The summed E-state index contributed by atoms with van der Waals surface area (Å²) in [6, 6.07) is 3.33. The molecular formula is C15H23F2NO. The third-order valence-corrected chi connectivity index (χ3v) is 1.96. The summed E-state index contributed by atoms with van der Waals surface area (Å²) in [6.07, 6.45) is 9.48. The standard InChI is InChI=1S/C10H13F2NO.C3H8.C2H2/c11-8-3-7(4-9(12)5-8)1-2-10(14)6-13;1-3-2;1-2/h3-5,10,14H,1-2,6,13H2;3H2,1-2H3;1-2H. The van der Waals surface area contributed by atoms with Gasteiger partial charge in [-0.2, -0.15) is 0 Å². The van der Waals surface area contributed by atoms with Crippen molar-refractivity contribution < 1.29 is 13.9 Å². The van der Waals surface area contributed by atoms with E-state index in [0.29, 0.717) is 18.4 Å². The minimum atomic E-state index is -0.610. The summed E-state index contributed by atoms with van der Waals surface area (Å²) in [5, 5.41) is 9.15. The van der Waals surface area contributed by atoms with Gasteiger partial charge in [-0.15, -0.1) is 12.8 Å². The molecule has 1 aromatic rings. The normalized spacial score (nSPS) is 10.5. The monoisotopic (exact) mass is 271 g/mol. The second kappa shape index (κ2) is 13.0. The van der Waals surface area contributed by atoms with Crippen LogP contribution in [0, 0.1) is 24.5 Å². The molecule has 0 aromatic heterocycles. The van der Waals surface area contributed by atoms with E-state index in [4.69, 9.17) is 10.8 Å². The quantitative estimate of drug-likeness (QED) is 0.827. The number of hydrogen-bond donors (Lipinski definition) is 2. The van der Waals surface area contributed by atoms with Crippen molar-refractivity contribution in [2.24, 2.45) is 5.73 Å². The number of benzene rings is 1. The van der Waals surface area contributed by atoms with Crippen molar-refractivity contribution >= 4 is 0 Å². The molecule has 108 valence electrons. The highest BCUT2D eigenvalue weighted by Gasteiger charge is 2.04. The molecule has 1 atom stereocenters. The van der Waals surface area contributed by atoms with E-state index in [-0.39, 0.29) is 6.54 Å². The Hall–Kier alpha value is -1.44. The molecule has 3 N–H and O–H groups in total. The van der Waals surface area contributed by atoms with Gasteiger partial charge in [0, 0.05) is 12.6 Å². The van der Waals surface area contributed by atoms with Gasteiger partial charge in [0.15, 0.2) is 0 Å². The molecule has 19 heavy (non-hydrogen) atoms. The average molecular weight is 271 g/mol. The van der Waals surface area contributed by atoms with Crippen LogP contribution < -0.4 is 5.73 Å². The lowest BCUT2D eigenvalue weighted by molar-refractivity contribution is 0.173. The first-order valence-corrected chi connectivity index (χ1v) is 6.19. The Bertz CT molecular complexity index is 333. The van der Waals surface area contributed by atoms with Crippen LogP contribution >= 0.6 is 0 Å². The van der Waals surface area contributed by atoms with Crippen molar-refractivity contribution in [2.75, 3.05) is 6.54 Å². The molecule has 1 rings (SSSR count). The van der Waals surface area contributed by atoms with Crippen LogP contribution in [0.3, 0.4) is 0 Å². The average Bonchev–Trinajstić information content (AvgIpc) is 2.38. The van der Waals surface area contributed by atoms with E-state index in [2.05, 4.69) is 26.7 Å². The Morgan fingerprint density at radius 2 is 1.58 bits per heavy atom. The SMILES string of the molecule is C#C.CCC.NCC(O)CCc1cc(F)cc(F)c1. The van der Waals surface area contributed by atoms with E-state index in [9.17, 15) is 8.78 Å². The molecule has 2 nitrogen and oxygen atoms in total. The maximum Gasteiger partial charge on any atom is 0.126 e. The fraction of sp³-hybridized carbons (Fsp3) is 0.467. The predicted molar refractivity (Wildman–Crippen MR) is 75.6 cm³/mol. The van der Waals surface area contributed by atoms with Crippen LogP contribution in [0.15, 0.2) is 18.2 Å². The van der Waals surface area contributed by atoms with E-state index in [1.54, 1.807) is 0 Å². The zero-order chi connectivity index (χ0) is 15.3. The van der Waals surface area contributed by atoms with Gasteiger partial charge >= 0.3 is 0 Å². The molecule has 0 aliphatic rings. The summed E-state index contributed by atoms with van der Waals surface area (Å²) in [5.41, 5.74) is 5.73. The van der Waals surface area contributed by atoms with E-state index >= 15 is 0 Å². The molecule has 0 radical (unpaired) electrons. The summed E-state index contributed by atoms with van der Waals surface area (Å²) >= 11 is 0. The van der Waals surface area contributed by atoms with Crippen LogP contribution in [0.2, 0.25) is 0 Å². The van der Waals surface area contributed by atoms with Gasteiger partial charge in [0.1, 0.15) is 11.6 Å². The molecule has 0 fully saturated rings. The van der Waals surface area contributed by atoms with Crippen LogP contribution in [-0.2, 0) is 6.42 Å². The van der Waals surface area contributed by atoms with Gasteiger partial charge in [-0.05, 0) is 30.5 Å². The summed E-state index contributed by atoms with van der Waals surface area (Å²) in [5.74, 6) is -1.19. The molecule has 0 aliphatic heterocycles. The minimum Gasteiger partial charge on any atom is -0.392 e. The summed E-state index contributed by atoms with van der Waals surface area (Å²) in [6.45, 7) is 4.41. The third kappa shape index (κ3) is 11.4. The van der Waals surface area contributed by atoms with Gasteiger partial charge in [0.25, 0.3) is 0 Å². The number of rotatable bonds is 4. The number of terminal acetylenes is 1. The molecular weight excluding hydrogens is 248 g/mol. The van der Waals surface area contributed by atoms with Crippen LogP contribution in [0.25, 0.3) is 0 Å². The first kappa shape index (κ1) is 19.9. The smallest absolute Gasteiger partial charge is 0.126 e. The highest BCUT2D eigenvalue weighted by Crippen LogP contribution is 2.10. The second-order valence-electron chi connectivity index (χ2n) is 3.91. The minimum absolute atomic E-state index is 0.164. The van der Waals surface area contributed by atoms with Gasteiger partial charge in [-0.3, -0.25) is 0 Å². The van der Waals surface area contributed by atoms with Crippen molar-refractivity contribution in [3.63, 3.8) is 0 Å². The highest BCUT2D eigenvalue weighted by atomic mass is 19.1. The molecule has 0 aliphatic carbocycles. The van der Waals surface area contributed by atoms with Crippen LogP contribution in [0.4, 0.5) is 8.78 Å². The lowest BCUT2D eigenvalue weighted by Gasteiger charge is -2.07. The lowest BCUT2D eigenvalue weighted by atomic mass is 10.1. The zero-order valence-corrected chi connectivity index (χ0v) is 11.6. The number of aryl methyl sites for hydroxylation is 1. The van der Waals surface area contributed by atoms with Gasteiger partial charge in [0.2, 0.25) is 0 Å². The van der Waals surface area contributed by atoms with Gasteiger partial charge in [-0.1, -0.05) is 20.3 Å². The van der Waals surface area contributed by atoms with Gasteiger partial charge < -0.3 is 10.8 Å². The molecule has 0 amide bonds. The van der Waals surface area contributed by atoms with E-state index < -0.39 is 17.7 Å². The van der Waals surface area contributed by atoms with Gasteiger partial charge in [0.05, 0.1) is 6.10 Å². The van der Waals surface area contributed by atoms with Crippen LogP contribution in [-0.4, -0.2) is 17.8 Å². The molecule has 4 heteroatoms. The number of aliphatic hydroxyl groups is 1. The highest BCUT2D eigenvalue weighted by molar-refractivity contribution is 5.17. The van der Waals surface area contributed by atoms with Crippen molar-refractivity contribution in [3.05, 3.63) is 35.4 Å². The van der Waals surface area contributed by atoms with Crippen molar-refractivity contribution in [2.45, 2.75) is 39.2 Å². The predicted octanol–water partition coefficient (Wildman–Crippen LogP) is 2.88. The van der Waals surface area contributed by atoms with Gasteiger partial charge in [-0.25, -0.2) is 8.78 Å². The fourth-order valence-electron chi connectivity index (χ4n) is 1.21. The molecule has 0 saturated carbocycles. The second-order valence-corrected chi connectivity index (χ2v) is 3.91. The summed E-state index contributed by atoms with van der Waals surface area (Å²) in [4.78, 5) is 0. The number of hydrogen-bond acceptors (Lipinski definition) is 2. The van der Waals surface area contributed by atoms with Crippen molar-refractivity contribution in [3.8, 4) is 12.8 Å². The maximum absolute atomic E-state index is 12.7. The molecule has 0 heterocycles. The van der Waals surface area contributed by atoms with E-state index in [0.717, 1.165) is 6.07 Å². The van der Waals surface area contributed by atoms with Crippen LogP contribution in [0.5, 0.6) is 0 Å². The summed E-state index contributed by atoms with van der Waals surface area (Å²) < 4.78 is 25.4. The molecule has 1 unspecified atom stereocenters. The fourth-order valence-corrected chi connectivity index (χ4v) is 1.21. The Balaban J connectivity index is 0. The molecule has 0 bridgehead atoms. The largest absolute Gasteiger partial charge is 0.392 e.